The first kappa shape index (κ1) is 8.19. The van der Waals surface area contributed by atoms with Crippen LogP contribution < -0.4 is 0 Å². The number of nitrogens with zero attached hydrogens (tertiary/aromatic N) is 2. The van der Waals surface area contributed by atoms with Crippen LogP contribution in [0, 0.1) is 0 Å². The largest absolute Gasteiger partial charge is 0.451 e. The first-order valence-electron chi connectivity index (χ1n) is 3.84. The summed E-state index contributed by atoms with van der Waals surface area (Å²) < 4.78 is 4.87. The van der Waals surface area contributed by atoms with Gasteiger partial charge in [-0.2, -0.15) is 0 Å². The molecule has 4 heteroatoms. The Morgan fingerprint density at radius 2 is 2.46 bits per heavy atom. The fourth-order valence-electron chi connectivity index (χ4n) is 0.985. The number of hydrogen-bond acceptors (Lipinski definition) is 4. The van der Waals surface area contributed by atoms with E-state index >= 15 is 0 Å². The lowest BCUT2D eigenvalue weighted by atomic mass is 10.4. The standard InChI is InChI=1S/C9H8N2OS/c1-2-3-9-11-8(5-13-9)7-4-12-6-10-7/h2,4-6H,1,3H2. The lowest BCUT2D eigenvalue weighted by Crippen LogP contribution is -1.80. The van der Waals surface area contributed by atoms with Crippen LogP contribution in [0.4, 0.5) is 0 Å². The highest BCUT2D eigenvalue weighted by Crippen LogP contribution is 2.20. The fourth-order valence-corrected chi connectivity index (χ4v) is 1.77. The molecule has 0 fully saturated rings. The SMILES string of the molecule is C=CCc1nc(-c2cocn2)cs1. The van der Waals surface area contributed by atoms with Gasteiger partial charge in [0.15, 0.2) is 6.39 Å². The van der Waals surface area contributed by atoms with E-state index < -0.39 is 0 Å². The summed E-state index contributed by atoms with van der Waals surface area (Å²) in [7, 11) is 0. The van der Waals surface area contributed by atoms with Crippen LogP contribution in [-0.4, -0.2) is 9.97 Å². The van der Waals surface area contributed by atoms with Crippen LogP contribution in [0.15, 0.2) is 35.1 Å². The molecule has 13 heavy (non-hydrogen) atoms. The minimum Gasteiger partial charge on any atom is -0.451 e. The molecule has 0 atom stereocenters. The van der Waals surface area contributed by atoms with Crippen molar-refractivity contribution in [3.8, 4) is 11.4 Å². The molecular formula is C9H8N2OS. The Morgan fingerprint density at radius 1 is 1.54 bits per heavy atom. The molecule has 2 rings (SSSR count). The van der Waals surface area contributed by atoms with Gasteiger partial charge in [0, 0.05) is 11.8 Å². The maximum atomic E-state index is 4.87. The molecule has 3 nitrogen and oxygen atoms in total. The van der Waals surface area contributed by atoms with Crippen molar-refractivity contribution in [1.82, 2.24) is 9.97 Å². The summed E-state index contributed by atoms with van der Waals surface area (Å²) in [5.74, 6) is 0. The van der Waals surface area contributed by atoms with E-state index in [-0.39, 0.29) is 0 Å². The van der Waals surface area contributed by atoms with Crippen LogP contribution in [0.3, 0.4) is 0 Å². The molecule has 66 valence electrons. The van der Waals surface area contributed by atoms with Crippen LogP contribution >= 0.6 is 11.3 Å². The van der Waals surface area contributed by atoms with E-state index in [2.05, 4.69) is 16.5 Å². The van der Waals surface area contributed by atoms with Crippen molar-refractivity contribution < 1.29 is 4.42 Å². The third-order valence-corrected chi connectivity index (χ3v) is 2.44. The Morgan fingerprint density at radius 3 is 3.15 bits per heavy atom. The van der Waals surface area contributed by atoms with Gasteiger partial charge in [0.1, 0.15) is 17.7 Å². The van der Waals surface area contributed by atoms with Gasteiger partial charge in [-0.1, -0.05) is 6.08 Å². The summed E-state index contributed by atoms with van der Waals surface area (Å²) in [4.78, 5) is 8.38. The first-order valence-corrected chi connectivity index (χ1v) is 4.72. The molecule has 0 N–H and O–H groups in total. The molecule has 0 aliphatic heterocycles. The van der Waals surface area contributed by atoms with Crippen LogP contribution in [0.1, 0.15) is 5.01 Å². The maximum Gasteiger partial charge on any atom is 0.181 e. The summed E-state index contributed by atoms with van der Waals surface area (Å²) in [6, 6.07) is 0. The fraction of sp³-hybridized carbons (Fsp3) is 0.111. The molecule has 0 saturated heterocycles. The zero-order chi connectivity index (χ0) is 9.10. The summed E-state index contributed by atoms with van der Waals surface area (Å²) in [5.41, 5.74) is 1.65. The van der Waals surface area contributed by atoms with Gasteiger partial charge in [0.05, 0.1) is 5.01 Å². The molecule has 2 aromatic rings. The lowest BCUT2D eigenvalue weighted by Gasteiger charge is -1.85. The molecule has 0 saturated carbocycles. The minimum atomic E-state index is 0.784. The van der Waals surface area contributed by atoms with Crippen molar-refractivity contribution in [1.29, 1.82) is 0 Å². The number of thiazole rings is 1. The molecule has 2 aromatic heterocycles. The normalized spacial score (nSPS) is 10.2. The Balaban J connectivity index is 2.28. The van der Waals surface area contributed by atoms with E-state index in [1.165, 1.54) is 6.39 Å². The van der Waals surface area contributed by atoms with E-state index in [1.54, 1.807) is 17.6 Å². The van der Waals surface area contributed by atoms with E-state index in [9.17, 15) is 0 Å². The molecule has 0 unspecified atom stereocenters. The van der Waals surface area contributed by atoms with Crippen molar-refractivity contribution >= 4 is 11.3 Å². The molecule has 0 amide bonds. The van der Waals surface area contributed by atoms with Gasteiger partial charge in [0.2, 0.25) is 0 Å². The third-order valence-electron chi connectivity index (χ3n) is 1.57. The van der Waals surface area contributed by atoms with Crippen molar-refractivity contribution in [2.24, 2.45) is 0 Å². The van der Waals surface area contributed by atoms with Gasteiger partial charge in [-0.15, -0.1) is 17.9 Å². The molecule has 0 bridgehead atoms. The van der Waals surface area contributed by atoms with Gasteiger partial charge >= 0.3 is 0 Å². The quantitative estimate of drug-likeness (QED) is 0.701. The molecule has 0 radical (unpaired) electrons. The Kier molecular flexibility index (Phi) is 2.23. The van der Waals surface area contributed by atoms with Crippen LogP contribution in [-0.2, 0) is 6.42 Å². The van der Waals surface area contributed by atoms with Gasteiger partial charge < -0.3 is 4.42 Å². The second-order valence-electron chi connectivity index (χ2n) is 2.49. The third kappa shape index (κ3) is 1.67. The van der Waals surface area contributed by atoms with Crippen LogP contribution in [0.25, 0.3) is 11.4 Å². The Bertz CT molecular complexity index is 391. The van der Waals surface area contributed by atoms with Crippen molar-refractivity contribution in [2.45, 2.75) is 6.42 Å². The highest BCUT2D eigenvalue weighted by Gasteiger charge is 2.05. The van der Waals surface area contributed by atoms with E-state index in [1.807, 2.05) is 11.5 Å². The van der Waals surface area contributed by atoms with Crippen LogP contribution in [0.2, 0.25) is 0 Å². The van der Waals surface area contributed by atoms with Gasteiger partial charge in [-0.3, -0.25) is 0 Å². The number of allylic oxidation sites excluding steroid dienone is 1. The van der Waals surface area contributed by atoms with Gasteiger partial charge in [0.25, 0.3) is 0 Å². The first-order chi connectivity index (χ1) is 6.40. The molecule has 0 aliphatic rings. The van der Waals surface area contributed by atoms with E-state index in [0.29, 0.717) is 0 Å². The zero-order valence-corrected chi connectivity index (χ0v) is 7.75. The zero-order valence-electron chi connectivity index (χ0n) is 6.93. The maximum absolute atomic E-state index is 4.87. The minimum absolute atomic E-state index is 0.784. The molecular weight excluding hydrogens is 184 g/mol. The summed E-state index contributed by atoms with van der Waals surface area (Å²) in [6.07, 6.45) is 5.64. The number of oxazole rings is 1. The monoisotopic (exact) mass is 192 g/mol. The summed E-state index contributed by atoms with van der Waals surface area (Å²) >= 11 is 1.61. The van der Waals surface area contributed by atoms with E-state index in [0.717, 1.165) is 22.8 Å². The molecule has 0 spiro atoms. The van der Waals surface area contributed by atoms with Crippen molar-refractivity contribution in [2.75, 3.05) is 0 Å². The Hall–Kier alpha value is -1.42. The van der Waals surface area contributed by atoms with E-state index in [4.69, 9.17) is 4.42 Å². The highest BCUT2D eigenvalue weighted by molar-refractivity contribution is 7.09. The van der Waals surface area contributed by atoms with Crippen molar-refractivity contribution in [3.05, 3.63) is 35.7 Å². The highest BCUT2D eigenvalue weighted by atomic mass is 32.1. The topological polar surface area (TPSA) is 38.9 Å². The average molecular weight is 192 g/mol. The van der Waals surface area contributed by atoms with Crippen LogP contribution in [0.5, 0.6) is 0 Å². The second-order valence-corrected chi connectivity index (χ2v) is 3.44. The molecule has 0 aromatic carbocycles. The van der Waals surface area contributed by atoms with Gasteiger partial charge in [-0.05, 0) is 0 Å². The Labute approximate surface area is 79.8 Å². The van der Waals surface area contributed by atoms with Gasteiger partial charge in [-0.25, -0.2) is 9.97 Å². The smallest absolute Gasteiger partial charge is 0.181 e. The summed E-state index contributed by atoms with van der Waals surface area (Å²) in [5, 5.41) is 3.02. The number of hydrogen-bond donors (Lipinski definition) is 0. The molecule has 0 aliphatic carbocycles. The molecule has 2 heterocycles. The number of rotatable bonds is 3. The number of aromatic nitrogens is 2. The predicted octanol–water partition coefficient (Wildman–Crippen LogP) is 2.53. The summed E-state index contributed by atoms with van der Waals surface area (Å²) in [6.45, 7) is 3.66. The average Bonchev–Trinajstić information content (AvgIpc) is 2.70. The predicted molar refractivity (Wildman–Crippen MR) is 51.5 cm³/mol. The second kappa shape index (κ2) is 3.53. The van der Waals surface area contributed by atoms with Crippen molar-refractivity contribution in [3.63, 3.8) is 0 Å². The lowest BCUT2D eigenvalue weighted by molar-refractivity contribution is 0.558.